The molecule has 0 bridgehead atoms. The van der Waals surface area contributed by atoms with E-state index >= 15 is 0 Å². The molecule has 2 rings (SSSR count). The number of hydrogen-bond acceptors (Lipinski definition) is 6. The first-order valence-corrected chi connectivity index (χ1v) is 7.36. The maximum absolute atomic E-state index is 11.9. The zero-order chi connectivity index (χ0) is 18.4. The van der Waals surface area contributed by atoms with E-state index in [-0.39, 0.29) is 11.3 Å². The molecule has 0 aliphatic carbocycles. The second-order valence-electron chi connectivity index (χ2n) is 5.16. The Morgan fingerprint density at radius 2 is 1.72 bits per heavy atom. The monoisotopic (exact) mass is 343 g/mol. The van der Waals surface area contributed by atoms with Crippen molar-refractivity contribution in [1.82, 2.24) is 0 Å². The number of benzene rings is 2. The van der Waals surface area contributed by atoms with Crippen LogP contribution in [0.15, 0.2) is 42.5 Å². The van der Waals surface area contributed by atoms with Gasteiger partial charge in [0.05, 0.1) is 12.7 Å². The van der Waals surface area contributed by atoms with Gasteiger partial charge in [-0.05, 0) is 42.8 Å². The number of hydrogen-bond donors (Lipinski definition) is 2. The van der Waals surface area contributed by atoms with E-state index in [0.29, 0.717) is 16.8 Å². The Labute approximate surface area is 144 Å². The zero-order valence-corrected chi connectivity index (χ0v) is 13.7. The van der Waals surface area contributed by atoms with Gasteiger partial charge in [-0.15, -0.1) is 0 Å². The number of rotatable bonds is 5. The van der Waals surface area contributed by atoms with Crippen LogP contribution in [0.2, 0.25) is 0 Å². The number of anilines is 1. The van der Waals surface area contributed by atoms with Crippen LogP contribution in [-0.4, -0.2) is 36.7 Å². The van der Waals surface area contributed by atoms with E-state index in [1.54, 1.807) is 19.1 Å². The van der Waals surface area contributed by atoms with Crippen LogP contribution in [0.3, 0.4) is 0 Å². The lowest BCUT2D eigenvalue weighted by molar-refractivity contribution is -0.119. The van der Waals surface area contributed by atoms with Crippen molar-refractivity contribution in [2.24, 2.45) is 0 Å². The fraction of sp³-hybridized carbons (Fsp3) is 0.167. The molecule has 0 saturated carbocycles. The van der Waals surface area contributed by atoms with E-state index in [0.717, 1.165) is 0 Å². The van der Waals surface area contributed by atoms with Gasteiger partial charge < -0.3 is 19.9 Å². The Kier molecular flexibility index (Phi) is 5.73. The molecule has 2 aromatic rings. The van der Waals surface area contributed by atoms with Crippen LogP contribution in [0, 0.1) is 6.92 Å². The van der Waals surface area contributed by atoms with Crippen LogP contribution in [0.5, 0.6) is 5.75 Å². The van der Waals surface area contributed by atoms with Crippen LogP contribution in [0.1, 0.15) is 26.3 Å². The molecule has 7 heteroatoms. The highest BCUT2D eigenvalue weighted by molar-refractivity contribution is 5.97. The first-order chi connectivity index (χ1) is 11.9. The third-order valence-electron chi connectivity index (χ3n) is 3.38. The molecule has 0 aliphatic rings. The number of phenols is 1. The molecular formula is C18H17NO6. The second kappa shape index (κ2) is 7.96. The van der Waals surface area contributed by atoms with Crippen molar-refractivity contribution in [2.75, 3.05) is 19.0 Å². The molecule has 7 nitrogen and oxygen atoms in total. The smallest absolute Gasteiger partial charge is 0.342 e. The number of esters is 2. The molecule has 2 N–H and O–H groups in total. The first-order valence-electron chi connectivity index (χ1n) is 7.36. The number of carbonyl (C=O) groups excluding carboxylic acids is 3. The highest BCUT2D eigenvalue weighted by Gasteiger charge is 2.15. The summed E-state index contributed by atoms with van der Waals surface area (Å²) < 4.78 is 9.47. The van der Waals surface area contributed by atoms with Crippen molar-refractivity contribution in [3.8, 4) is 5.75 Å². The highest BCUT2D eigenvalue weighted by Crippen LogP contribution is 2.22. The summed E-state index contributed by atoms with van der Waals surface area (Å²) in [6.07, 6.45) is 0. The van der Waals surface area contributed by atoms with Gasteiger partial charge in [0, 0.05) is 5.69 Å². The molecule has 0 unspecified atom stereocenters. The van der Waals surface area contributed by atoms with Gasteiger partial charge >= 0.3 is 11.9 Å². The molecule has 0 fully saturated rings. The number of aromatic hydroxyl groups is 1. The van der Waals surface area contributed by atoms with Crippen LogP contribution in [0.25, 0.3) is 0 Å². The summed E-state index contributed by atoms with van der Waals surface area (Å²) >= 11 is 0. The fourth-order valence-electron chi connectivity index (χ4n) is 2.04. The topological polar surface area (TPSA) is 102 Å². The number of carbonyl (C=O) groups is 3. The Bertz CT molecular complexity index is 798. The summed E-state index contributed by atoms with van der Waals surface area (Å²) in [6.45, 7) is 1.14. The fourth-order valence-corrected chi connectivity index (χ4v) is 2.04. The molecule has 0 spiro atoms. The SMILES string of the molecule is COC(=O)c1ccc(NC(=O)COC(=O)c2cccc(C)c2O)cc1. The molecule has 25 heavy (non-hydrogen) atoms. The molecule has 0 aliphatic heterocycles. The van der Waals surface area contributed by atoms with E-state index in [1.807, 2.05) is 0 Å². The normalized spacial score (nSPS) is 10.0. The summed E-state index contributed by atoms with van der Waals surface area (Å²) in [5, 5.41) is 12.3. The molecule has 130 valence electrons. The van der Waals surface area contributed by atoms with Crippen molar-refractivity contribution in [3.05, 3.63) is 59.2 Å². The van der Waals surface area contributed by atoms with Crippen molar-refractivity contribution in [1.29, 1.82) is 0 Å². The van der Waals surface area contributed by atoms with Crippen molar-refractivity contribution < 1.29 is 29.0 Å². The van der Waals surface area contributed by atoms with Gasteiger partial charge in [0.2, 0.25) is 0 Å². The van der Waals surface area contributed by atoms with E-state index < -0.39 is 24.5 Å². The van der Waals surface area contributed by atoms with E-state index in [1.165, 1.54) is 37.4 Å². The third kappa shape index (κ3) is 4.57. The van der Waals surface area contributed by atoms with Gasteiger partial charge in [0.15, 0.2) is 6.61 Å². The average molecular weight is 343 g/mol. The quantitative estimate of drug-likeness (QED) is 0.808. The summed E-state index contributed by atoms with van der Waals surface area (Å²) in [6, 6.07) is 10.7. The number of para-hydroxylation sites is 1. The molecular weight excluding hydrogens is 326 g/mol. The lowest BCUT2D eigenvalue weighted by Crippen LogP contribution is -2.21. The number of amides is 1. The zero-order valence-electron chi connectivity index (χ0n) is 13.7. The summed E-state index contributed by atoms with van der Waals surface area (Å²) in [7, 11) is 1.28. The molecule has 2 aromatic carbocycles. The van der Waals surface area contributed by atoms with Crippen LogP contribution < -0.4 is 5.32 Å². The molecule has 0 radical (unpaired) electrons. The number of ether oxygens (including phenoxy) is 2. The standard InChI is InChI=1S/C18H17NO6/c1-11-4-3-5-14(16(11)21)18(23)25-10-15(20)19-13-8-6-12(7-9-13)17(22)24-2/h3-9,21H,10H2,1-2H3,(H,19,20). The lowest BCUT2D eigenvalue weighted by Gasteiger charge is -2.09. The van der Waals surface area contributed by atoms with Gasteiger partial charge in [-0.3, -0.25) is 4.79 Å². The molecule has 0 aromatic heterocycles. The Hall–Kier alpha value is -3.35. The van der Waals surface area contributed by atoms with Crippen molar-refractivity contribution >= 4 is 23.5 Å². The molecule has 0 heterocycles. The largest absolute Gasteiger partial charge is 0.507 e. The summed E-state index contributed by atoms with van der Waals surface area (Å²) in [4.78, 5) is 35.1. The minimum atomic E-state index is -0.794. The van der Waals surface area contributed by atoms with Gasteiger partial charge in [-0.25, -0.2) is 9.59 Å². The maximum atomic E-state index is 11.9. The number of phenolic OH excluding ortho intramolecular Hbond substituents is 1. The van der Waals surface area contributed by atoms with Gasteiger partial charge in [0.25, 0.3) is 5.91 Å². The predicted octanol–water partition coefficient (Wildman–Crippen LogP) is 2.28. The number of methoxy groups -OCH3 is 1. The van der Waals surface area contributed by atoms with Crippen LogP contribution in [-0.2, 0) is 14.3 Å². The first kappa shape index (κ1) is 18.0. The predicted molar refractivity (Wildman–Crippen MR) is 89.5 cm³/mol. The number of aryl methyl sites for hydroxylation is 1. The summed E-state index contributed by atoms with van der Waals surface area (Å²) in [5.41, 5.74) is 1.31. The van der Waals surface area contributed by atoms with E-state index in [4.69, 9.17) is 4.74 Å². The van der Waals surface area contributed by atoms with E-state index in [9.17, 15) is 19.5 Å². The van der Waals surface area contributed by atoms with Crippen molar-refractivity contribution in [2.45, 2.75) is 6.92 Å². The molecule has 1 amide bonds. The second-order valence-corrected chi connectivity index (χ2v) is 5.16. The van der Waals surface area contributed by atoms with Gasteiger partial charge in [0.1, 0.15) is 11.3 Å². The lowest BCUT2D eigenvalue weighted by atomic mass is 10.1. The van der Waals surface area contributed by atoms with Gasteiger partial charge in [-0.1, -0.05) is 12.1 Å². The maximum Gasteiger partial charge on any atom is 0.342 e. The molecule has 0 atom stereocenters. The van der Waals surface area contributed by atoms with E-state index in [2.05, 4.69) is 10.1 Å². The molecule has 0 saturated heterocycles. The minimum absolute atomic E-state index is 0.00442. The third-order valence-corrected chi connectivity index (χ3v) is 3.38. The Balaban J connectivity index is 1.91. The minimum Gasteiger partial charge on any atom is -0.507 e. The van der Waals surface area contributed by atoms with Crippen molar-refractivity contribution in [3.63, 3.8) is 0 Å². The Morgan fingerprint density at radius 3 is 2.36 bits per heavy atom. The van der Waals surface area contributed by atoms with Crippen LogP contribution in [0.4, 0.5) is 5.69 Å². The van der Waals surface area contributed by atoms with Gasteiger partial charge in [-0.2, -0.15) is 0 Å². The van der Waals surface area contributed by atoms with Crippen LogP contribution >= 0.6 is 0 Å². The highest BCUT2D eigenvalue weighted by atomic mass is 16.5. The average Bonchev–Trinajstić information content (AvgIpc) is 2.62. The summed E-state index contributed by atoms with van der Waals surface area (Å²) in [5.74, 6) is -2.00. The number of nitrogens with one attached hydrogen (secondary N) is 1. The Morgan fingerprint density at radius 1 is 1.04 bits per heavy atom.